The fourth-order valence-electron chi connectivity index (χ4n) is 2.92. The number of thiophene rings is 1. The van der Waals surface area contributed by atoms with Crippen LogP contribution in [0, 0.1) is 5.92 Å². The van der Waals surface area contributed by atoms with Crippen molar-refractivity contribution in [3.05, 3.63) is 22.4 Å². The summed E-state index contributed by atoms with van der Waals surface area (Å²) in [6.07, 6.45) is 1.51. The van der Waals surface area contributed by atoms with E-state index in [2.05, 4.69) is 26.1 Å². The minimum atomic E-state index is -0.409. The lowest BCUT2D eigenvalue weighted by molar-refractivity contribution is -0.152. The van der Waals surface area contributed by atoms with Crippen LogP contribution in [0.5, 0.6) is 0 Å². The average molecular weight is 308 g/mol. The molecule has 1 aromatic rings. The number of carbonyl (C=O) groups excluding carboxylic acids is 2. The first-order valence-electron chi connectivity index (χ1n) is 7.61. The highest BCUT2D eigenvalue weighted by Gasteiger charge is 2.41. The van der Waals surface area contributed by atoms with Gasteiger partial charge in [0.05, 0.1) is 6.04 Å². The second-order valence-corrected chi connectivity index (χ2v) is 7.03. The van der Waals surface area contributed by atoms with Crippen LogP contribution in [0.4, 0.5) is 0 Å². The first-order chi connectivity index (χ1) is 9.95. The second kappa shape index (κ2) is 6.60. The van der Waals surface area contributed by atoms with E-state index < -0.39 is 6.04 Å². The van der Waals surface area contributed by atoms with E-state index in [9.17, 15) is 9.59 Å². The van der Waals surface area contributed by atoms with Gasteiger partial charge in [-0.1, -0.05) is 26.8 Å². The van der Waals surface area contributed by atoms with Crippen molar-refractivity contribution in [2.75, 3.05) is 0 Å². The van der Waals surface area contributed by atoms with Crippen molar-refractivity contribution in [2.24, 2.45) is 5.92 Å². The Morgan fingerprint density at radius 3 is 2.62 bits per heavy atom. The van der Waals surface area contributed by atoms with Crippen molar-refractivity contribution in [2.45, 2.75) is 58.7 Å². The molecule has 1 N–H and O–H groups in total. The third-order valence-electron chi connectivity index (χ3n) is 3.97. The number of carbonyl (C=O) groups is 2. The van der Waals surface area contributed by atoms with Gasteiger partial charge in [0.25, 0.3) is 0 Å². The van der Waals surface area contributed by atoms with E-state index in [1.165, 1.54) is 0 Å². The minimum Gasteiger partial charge on any atom is -0.343 e. The van der Waals surface area contributed by atoms with Crippen LogP contribution in [-0.4, -0.2) is 28.8 Å². The first kappa shape index (κ1) is 16.0. The topological polar surface area (TPSA) is 49.4 Å². The molecule has 5 heteroatoms. The molecule has 0 saturated carbocycles. The average Bonchev–Trinajstić information content (AvgIpc) is 2.94. The van der Waals surface area contributed by atoms with Crippen LogP contribution in [0.3, 0.4) is 0 Å². The van der Waals surface area contributed by atoms with Crippen molar-refractivity contribution in [1.82, 2.24) is 10.2 Å². The largest absolute Gasteiger partial charge is 0.343 e. The molecule has 0 radical (unpaired) electrons. The molecule has 0 aromatic carbocycles. The molecular weight excluding hydrogens is 284 g/mol. The van der Waals surface area contributed by atoms with Crippen LogP contribution in [0.25, 0.3) is 0 Å². The third kappa shape index (κ3) is 3.28. The zero-order chi connectivity index (χ0) is 15.6. The van der Waals surface area contributed by atoms with Crippen molar-refractivity contribution in [3.63, 3.8) is 0 Å². The standard InChI is InChI=1S/C16H24N2O2S/c1-5-13(14-7-6-8-21-14)18-11(4)15(19)17-12(16(18)20)9-10(2)3/h6-8,10-13H,5,9H2,1-4H3,(H,17,19). The number of nitrogens with zero attached hydrogens (tertiary/aromatic N) is 1. The molecule has 116 valence electrons. The lowest BCUT2D eigenvalue weighted by atomic mass is 9.96. The molecule has 2 heterocycles. The first-order valence-corrected chi connectivity index (χ1v) is 8.49. The van der Waals surface area contributed by atoms with Crippen LogP contribution >= 0.6 is 11.3 Å². The normalized spacial score (nSPS) is 24.3. The smallest absolute Gasteiger partial charge is 0.246 e. The molecule has 0 aliphatic carbocycles. The predicted molar refractivity (Wildman–Crippen MR) is 85.0 cm³/mol. The molecule has 1 aliphatic rings. The summed E-state index contributed by atoms with van der Waals surface area (Å²) in [7, 11) is 0. The van der Waals surface area contributed by atoms with Gasteiger partial charge in [0.1, 0.15) is 12.1 Å². The van der Waals surface area contributed by atoms with E-state index in [0.29, 0.717) is 12.3 Å². The van der Waals surface area contributed by atoms with Gasteiger partial charge in [-0.3, -0.25) is 9.59 Å². The molecular formula is C16H24N2O2S. The maximum absolute atomic E-state index is 12.8. The van der Waals surface area contributed by atoms with E-state index in [1.54, 1.807) is 16.2 Å². The maximum atomic E-state index is 12.8. The van der Waals surface area contributed by atoms with Crippen molar-refractivity contribution in [3.8, 4) is 0 Å². The molecule has 1 aromatic heterocycles. The van der Waals surface area contributed by atoms with Crippen LogP contribution in [0.2, 0.25) is 0 Å². The number of piperazine rings is 1. The van der Waals surface area contributed by atoms with Gasteiger partial charge in [0, 0.05) is 4.88 Å². The van der Waals surface area contributed by atoms with E-state index in [-0.39, 0.29) is 23.9 Å². The number of amides is 2. The zero-order valence-electron chi connectivity index (χ0n) is 13.1. The summed E-state index contributed by atoms with van der Waals surface area (Å²) in [5.74, 6) is 0.377. The molecule has 0 bridgehead atoms. The van der Waals surface area contributed by atoms with E-state index in [4.69, 9.17) is 0 Å². The van der Waals surface area contributed by atoms with Crippen molar-refractivity contribution in [1.29, 1.82) is 0 Å². The van der Waals surface area contributed by atoms with Crippen LogP contribution in [0.15, 0.2) is 17.5 Å². The number of hydrogen-bond donors (Lipinski definition) is 1. The van der Waals surface area contributed by atoms with Crippen LogP contribution in [-0.2, 0) is 9.59 Å². The molecule has 1 saturated heterocycles. The monoisotopic (exact) mass is 308 g/mol. The van der Waals surface area contributed by atoms with Gasteiger partial charge in [-0.25, -0.2) is 0 Å². The molecule has 3 unspecified atom stereocenters. The Bertz CT molecular complexity index is 498. The summed E-state index contributed by atoms with van der Waals surface area (Å²) >= 11 is 1.64. The van der Waals surface area contributed by atoms with Gasteiger partial charge in [0.15, 0.2) is 0 Å². The number of hydrogen-bond acceptors (Lipinski definition) is 3. The molecule has 21 heavy (non-hydrogen) atoms. The highest BCUT2D eigenvalue weighted by molar-refractivity contribution is 7.10. The Hall–Kier alpha value is -1.36. The summed E-state index contributed by atoms with van der Waals surface area (Å²) in [4.78, 5) is 28.0. The Kier molecular flexibility index (Phi) is 5.04. The highest BCUT2D eigenvalue weighted by atomic mass is 32.1. The Balaban J connectivity index is 2.29. The van der Waals surface area contributed by atoms with Crippen molar-refractivity contribution >= 4 is 23.2 Å². The summed E-state index contributed by atoms with van der Waals surface area (Å²) in [5.41, 5.74) is 0. The molecule has 2 amide bonds. The van der Waals surface area contributed by atoms with E-state index >= 15 is 0 Å². The zero-order valence-corrected chi connectivity index (χ0v) is 13.9. The lowest BCUT2D eigenvalue weighted by Gasteiger charge is -2.42. The van der Waals surface area contributed by atoms with Gasteiger partial charge >= 0.3 is 0 Å². The number of nitrogens with one attached hydrogen (secondary N) is 1. The molecule has 2 rings (SSSR count). The summed E-state index contributed by atoms with van der Waals surface area (Å²) in [6, 6.07) is 3.24. The Morgan fingerprint density at radius 1 is 1.38 bits per heavy atom. The van der Waals surface area contributed by atoms with Crippen LogP contribution < -0.4 is 5.32 Å². The Morgan fingerprint density at radius 2 is 2.10 bits per heavy atom. The maximum Gasteiger partial charge on any atom is 0.246 e. The van der Waals surface area contributed by atoms with Gasteiger partial charge in [-0.05, 0) is 37.1 Å². The quantitative estimate of drug-likeness (QED) is 0.909. The second-order valence-electron chi connectivity index (χ2n) is 6.05. The summed E-state index contributed by atoms with van der Waals surface area (Å²) < 4.78 is 0. The fourth-order valence-corrected chi connectivity index (χ4v) is 3.83. The summed E-state index contributed by atoms with van der Waals surface area (Å²) in [6.45, 7) is 8.01. The third-order valence-corrected chi connectivity index (χ3v) is 4.94. The SMILES string of the molecule is CCC(c1cccs1)N1C(=O)C(CC(C)C)NC(=O)C1C. The molecule has 1 aliphatic heterocycles. The van der Waals surface area contributed by atoms with Gasteiger partial charge in [-0.2, -0.15) is 0 Å². The molecule has 3 atom stereocenters. The summed E-state index contributed by atoms with van der Waals surface area (Å²) in [5, 5.41) is 4.89. The molecule has 1 fully saturated rings. The van der Waals surface area contributed by atoms with Crippen LogP contribution in [0.1, 0.15) is 51.5 Å². The van der Waals surface area contributed by atoms with E-state index in [1.807, 2.05) is 24.4 Å². The predicted octanol–water partition coefficient (Wildman–Crippen LogP) is 2.96. The van der Waals surface area contributed by atoms with Gasteiger partial charge < -0.3 is 10.2 Å². The lowest BCUT2D eigenvalue weighted by Crippen LogP contribution is -2.63. The molecule has 4 nitrogen and oxygen atoms in total. The fraction of sp³-hybridized carbons (Fsp3) is 0.625. The minimum absolute atomic E-state index is 0.00628. The van der Waals surface area contributed by atoms with Crippen molar-refractivity contribution < 1.29 is 9.59 Å². The number of rotatable bonds is 5. The van der Waals surface area contributed by atoms with E-state index in [0.717, 1.165) is 11.3 Å². The highest BCUT2D eigenvalue weighted by Crippen LogP contribution is 2.32. The Labute approximate surface area is 130 Å². The van der Waals surface area contributed by atoms with Gasteiger partial charge in [-0.15, -0.1) is 11.3 Å². The molecule has 0 spiro atoms. The van der Waals surface area contributed by atoms with Gasteiger partial charge in [0.2, 0.25) is 11.8 Å².